The van der Waals surface area contributed by atoms with E-state index in [0.717, 1.165) is 30.9 Å². The molecule has 4 rings (SSSR count). The third-order valence-electron chi connectivity index (χ3n) is 4.92. The topological polar surface area (TPSA) is 67.2 Å². The quantitative estimate of drug-likeness (QED) is 0.710. The van der Waals surface area contributed by atoms with E-state index in [0.29, 0.717) is 11.9 Å². The molecule has 1 atom stereocenters. The number of rotatable bonds is 6. The first kappa shape index (κ1) is 17.9. The van der Waals surface area contributed by atoms with Crippen molar-refractivity contribution in [3.05, 3.63) is 64.0 Å². The summed E-state index contributed by atoms with van der Waals surface area (Å²) in [5, 5.41) is 5.58. The SMILES string of the molecule is O=C(CCn1cnc2sccc2c1=O)NC1CCN(Cc2ccccc2)C1. The Morgan fingerprint density at radius 1 is 1.26 bits per heavy atom. The number of aromatic nitrogens is 2. The van der Waals surface area contributed by atoms with Crippen molar-refractivity contribution in [2.75, 3.05) is 13.1 Å². The molecule has 7 heteroatoms. The molecule has 1 fully saturated rings. The van der Waals surface area contributed by atoms with Crippen LogP contribution in [0.15, 0.2) is 52.9 Å². The zero-order chi connectivity index (χ0) is 18.6. The lowest BCUT2D eigenvalue weighted by Crippen LogP contribution is -2.37. The second-order valence-corrected chi connectivity index (χ2v) is 7.80. The van der Waals surface area contributed by atoms with Crippen molar-refractivity contribution in [3.63, 3.8) is 0 Å². The number of benzene rings is 1. The molecule has 1 aliphatic heterocycles. The van der Waals surface area contributed by atoms with E-state index in [4.69, 9.17) is 0 Å². The van der Waals surface area contributed by atoms with Crippen molar-refractivity contribution in [2.45, 2.75) is 32.0 Å². The van der Waals surface area contributed by atoms with E-state index in [-0.39, 0.29) is 23.9 Å². The molecule has 0 bridgehead atoms. The number of fused-ring (bicyclic) bond motifs is 1. The Morgan fingerprint density at radius 3 is 2.96 bits per heavy atom. The molecule has 27 heavy (non-hydrogen) atoms. The lowest BCUT2D eigenvalue weighted by Gasteiger charge is -2.17. The highest BCUT2D eigenvalue weighted by Gasteiger charge is 2.23. The molecule has 1 N–H and O–H groups in total. The van der Waals surface area contributed by atoms with Gasteiger partial charge in [0.25, 0.3) is 5.56 Å². The van der Waals surface area contributed by atoms with E-state index in [1.54, 1.807) is 6.07 Å². The summed E-state index contributed by atoms with van der Waals surface area (Å²) < 4.78 is 1.52. The van der Waals surface area contributed by atoms with Crippen LogP contribution in [-0.2, 0) is 17.9 Å². The van der Waals surface area contributed by atoms with E-state index in [1.807, 2.05) is 11.4 Å². The van der Waals surface area contributed by atoms with E-state index in [1.165, 1.54) is 27.8 Å². The van der Waals surface area contributed by atoms with Gasteiger partial charge < -0.3 is 5.32 Å². The molecular formula is C20H22N4O2S. The number of likely N-dealkylation sites (tertiary alicyclic amines) is 1. The first-order chi connectivity index (χ1) is 13.2. The fourth-order valence-corrected chi connectivity index (χ4v) is 4.23. The number of amides is 1. The molecule has 0 radical (unpaired) electrons. The maximum Gasteiger partial charge on any atom is 0.262 e. The van der Waals surface area contributed by atoms with Crippen LogP contribution in [0.4, 0.5) is 0 Å². The van der Waals surface area contributed by atoms with E-state index in [9.17, 15) is 9.59 Å². The van der Waals surface area contributed by atoms with E-state index < -0.39 is 0 Å². The second-order valence-electron chi connectivity index (χ2n) is 6.91. The number of carbonyl (C=O) groups excluding carboxylic acids is 1. The first-order valence-corrected chi connectivity index (χ1v) is 10.1. The maximum atomic E-state index is 12.4. The molecular weight excluding hydrogens is 360 g/mol. The Kier molecular flexibility index (Phi) is 5.31. The van der Waals surface area contributed by atoms with Crippen LogP contribution in [0.1, 0.15) is 18.4 Å². The van der Waals surface area contributed by atoms with Crippen molar-refractivity contribution < 1.29 is 4.79 Å². The van der Waals surface area contributed by atoms with Gasteiger partial charge in [0.2, 0.25) is 5.91 Å². The van der Waals surface area contributed by atoms with Crippen LogP contribution in [0, 0.1) is 0 Å². The molecule has 0 aliphatic carbocycles. The third-order valence-corrected chi connectivity index (χ3v) is 5.74. The smallest absolute Gasteiger partial charge is 0.262 e. The van der Waals surface area contributed by atoms with Crippen molar-refractivity contribution in [1.82, 2.24) is 19.8 Å². The molecule has 140 valence electrons. The van der Waals surface area contributed by atoms with Gasteiger partial charge in [0.05, 0.1) is 11.7 Å². The largest absolute Gasteiger partial charge is 0.352 e. The molecule has 1 amide bonds. The molecule has 1 unspecified atom stereocenters. The Hall–Kier alpha value is -2.51. The van der Waals surface area contributed by atoms with Crippen LogP contribution in [0.25, 0.3) is 10.2 Å². The summed E-state index contributed by atoms with van der Waals surface area (Å²) in [6.07, 6.45) is 2.78. The normalized spacial score (nSPS) is 17.4. The predicted octanol–water partition coefficient (Wildman–Crippen LogP) is 2.24. The van der Waals surface area contributed by atoms with Crippen molar-refractivity contribution in [2.24, 2.45) is 0 Å². The average Bonchev–Trinajstić information content (AvgIpc) is 3.32. The van der Waals surface area contributed by atoms with Crippen molar-refractivity contribution in [1.29, 1.82) is 0 Å². The summed E-state index contributed by atoms with van der Waals surface area (Å²) >= 11 is 1.45. The standard InChI is InChI=1S/C20H22N4O2S/c25-18(7-10-24-14-21-19-17(20(24)26)8-11-27-19)22-16-6-9-23(13-16)12-15-4-2-1-3-5-15/h1-5,8,11,14,16H,6-7,9-10,12-13H2,(H,22,25). The average molecular weight is 382 g/mol. The van der Waals surface area contributed by atoms with Gasteiger partial charge in [-0.05, 0) is 23.4 Å². The molecule has 2 aromatic heterocycles. The molecule has 3 heterocycles. The summed E-state index contributed by atoms with van der Waals surface area (Å²) in [7, 11) is 0. The van der Waals surface area contributed by atoms with Crippen LogP contribution in [-0.4, -0.2) is 39.5 Å². The van der Waals surface area contributed by atoms with Gasteiger partial charge in [-0.3, -0.25) is 19.1 Å². The Bertz CT molecular complexity index is 982. The molecule has 6 nitrogen and oxygen atoms in total. The number of thiophene rings is 1. The summed E-state index contributed by atoms with van der Waals surface area (Å²) in [6, 6.07) is 12.3. The highest BCUT2D eigenvalue weighted by molar-refractivity contribution is 7.16. The number of nitrogens with zero attached hydrogens (tertiary/aromatic N) is 3. The number of nitrogens with one attached hydrogen (secondary N) is 1. The van der Waals surface area contributed by atoms with Crippen molar-refractivity contribution in [3.8, 4) is 0 Å². The van der Waals surface area contributed by atoms with Crippen LogP contribution in [0.3, 0.4) is 0 Å². The Morgan fingerprint density at radius 2 is 2.11 bits per heavy atom. The summed E-state index contributed by atoms with van der Waals surface area (Å²) in [5.74, 6) is -0.0149. The van der Waals surface area contributed by atoms with E-state index >= 15 is 0 Å². The van der Waals surface area contributed by atoms with Crippen LogP contribution >= 0.6 is 11.3 Å². The summed E-state index contributed by atoms with van der Waals surface area (Å²) in [4.78, 5) is 32.0. The zero-order valence-corrected chi connectivity index (χ0v) is 15.8. The highest BCUT2D eigenvalue weighted by Crippen LogP contribution is 2.14. The molecule has 0 saturated carbocycles. The van der Waals surface area contributed by atoms with Crippen LogP contribution in [0.2, 0.25) is 0 Å². The molecule has 0 spiro atoms. The van der Waals surface area contributed by atoms with Crippen LogP contribution < -0.4 is 10.9 Å². The minimum absolute atomic E-state index is 0.0149. The zero-order valence-electron chi connectivity index (χ0n) is 15.0. The molecule has 1 aliphatic rings. The van der Waals surface area contributed by atoms with Gasteiger partial charge in [0.15, 0.2) is 0 Å². The summed E-state index contributed by atoms with van der Waals surface area (Å²) in [6.45, 7) is 3.11. The number of hydrogen-bond acceptors (Lipinski definition) is 5. The number of aryl methyl sites for hydroxylation is 1. The fraction of sp³-hybridized carbons (Fsp3) is 0.350. The number of hydrogen-bond donors (Lipinski definition) is 1. The fourth-order valence-electron chi connectivity index (χ4n) is 3.51. The maximum absolute atomic E-state index is 12.4. The molecule has 3 aromatic rings. The first-order valence-electron chi connectivity index (χ1n) is 9.17. The van der Waals surface area contributed by atoms with Gasteiger partial charge >= 0.3 is 0 Å². The highest BCUT2D eigenvalue weighted by atomic mass is 32.1. The predicted molar refractivity (Wildman–Crippen MR) is 107 cm³/mol. The molecule has 1 saturated heterocycles. The van der Waals surface area contributed by atoms with Crippen molar-refractivity contribution >= 4 is 27.5 Å². The monoisotopic (exact) mass is 382 g/mol. The van der Waals surface area contributed by atoms with Gasteiger partial charge in [-0.2, -0.15) is 0 Å². The number of carbonyl (C=O) groups is 1. The van der Waals surface area contributed by atoms with Gasteiger partial charge in [0, 0.05) is 38.6 Å². The minimum Gasteiger partial charge on any atom is -0.352 e. The minimum atomic E-state index is -0.0797. The van der Waals surface area contributed by atoms with Gasteiger partial charge in [0.1, 0.15) is 4.83 Å². The lowest BCUT2D eigenvalue weighted by molar-refractivity contribution is -0.121. The van der Waals surface area contributed by atoms with Gasteiger partial charge in [-0.25, -0.2) is 4.98 Å². The summed E-state index contributed by atoms with van der Waals surface area (Å²) in [5.41, 5.74) is 1.21. The molecule has 1 aromatic carbocycles. The van der Waals surface area contributed by atoms with Gasteiger partial charge in [-0.15, -0.1) is 11.3 Å². The third kappa shape index (κ3) is 4.26. The second kappa shape index (κ2) is 8.02. The Balaban J connectivity index is 1.27. The lowest BCUT2D eigenvalue weighted by atomic mass is 10.2. The Labute approximate surface area is 161 Å². The van der Waals surface area contributed by atoms with Crippen LogP contribution in [0.5, 0.6) is 0 Å². The van der Waals surface area contributed by atoms with Gasteiger partial charge in [-0.1, -0.05) is 30.3 Å². The van der Waals surface area contributed by atoms with E-state index in [2.05, 4.69) is 39.5 Å².